The summed E-state index contributed by atoms with van der Waals surface area (Å²) in [5.41, 5.74) is -0.866. The molecule has 0 aromatic carbocycles. The van der Waals surface area contributed by atoms with Crippen LogP contribution in [-0.2, 0) is 22.3 Å². The van der Waals surface area contributed by atoms with Gasteiger partial charge in [-0.05, 0) is 25.1 Å². The number of hydrogen-bond acceptors (Lipinski definition) is 5. The van der Waals surface area contributed by atoms with Crippen molar-refractivity contribution in [2.45, 2.75) is 38.2 Å². The molecule has 0 saturated carbocycles. The Kier molecular flexibility index (Phi) is 5.76. The molecule has 0 unspecified atom stereocenters. The summed E-state index contributed by atoms with van der Waals surface area (Å²) >= 11 is 0. The van der Waals surface area contributed by atoms with E-state index in [1.165, 1.54) is 25.1 Å². The monoisotopic (exact) mass is 411 g/mol. The molecule has 0 spiro atoms. The predicted molar refractivity (Wildman–Crippen MR) is 94.8 cm³/mol. The average Bonchev–Trinajstić information content (AvgIpc) is 3.26. The van der Waals surface area contributed by atoms with Crippen LogP contribution >= 0.6 is 0 Å². The summed E-state index contributed by atoms with van der Waals surface area (Å²) in [4.78, 5) is 30.3. The van der Waals surface area contributed by atoms with Gasteiger partial charge in [0.2, 0.25) is 11.8 Å². The molecular weight excluding hydrogens is 391 g/mol. The first-order chi connectivity index (χ1) is 13.7. The molecule has 1 saturated heterocycles. The highest BCUT2D eigenvalue weighted by Gasteiger charge is 2.41. The molecule has 2 amide bonds. The van der Waals surface area contributed by atoms with Gasteiger partial charge in [-0.25, -0.2) is 0 Å². The van der Waals surface area contributed by atoms with Gasteiger partial charge in [-0.1, -0.05) is 0 Å². The largest absolute Gasteiger partial charge is 0.487 e. The van der Waals surface area contributed by atoms with E-state index in [-0.39, 0.29) is 24.6 Å². The first-order valence-electron chi connectivity index (χ1n) is 8.88. The topological polar surface area (TPSA) is 89.4 Å². The van der Waals surface area contributed by atoms with Crippen molar-refractivity contribution in [1.82, 2.24) is 25.0 Å². The molecule has 1 aliphatic rings. The molecule has 8 nitrogen and oxygen atoms in total. The highest BCUT2D eigenvalue weighted by Crippen LogP contribution is 2.29. The number of aromatic nitrogens is 3. The van der Waals surface area contributed by atoms with Crippen molar-refractivity contribution in [1.29, 1.82) is 0 Å². The molecule has 0 aliphatic carbocycles. The molecule has 3 heterocycles. The molecule has 1 N–H and O–H groups in total. The first kappa shape index (κ1) is 20.6. The molecular formula is C18H20F3N5O3. The van der Waals surface area contributed by atoms with E-state index in [0.717, 1.165) is 10.7 Å². The van der Waals surface area contributed by atoms with E-state index >= 15 is 0 Å². The van der Waals surface area contributed by atoms with Crippen molar-refractivity contribution in [2.75, 3.05) is 13.6 Å². The van der Waals surface area contributed by atoms with Crippen LogP contribution in [0.1, 0.15) is 17.8 Å². The Morgan fingerprint density at radius 2 is 2.14 bits per heavy atom. The number of halogens is 3. The summed E-state index contributed by atoms with van der Waals surface area (Å²) in [6.07, 6.45) is -1.68. The van der Waals surface area contributed by atoms with Crippen molar-refractivity contribution in [3.05, 3.63) is 42.0 Å². The zero-order chi connectivity index (χ0) is 21.2. The van der Waals surface area contributed by atoms with Crippen molar-refractivity contribution in [3.8, 4) is 5.75 Å². The fourth-order valence-electron chi connectivity index (χ4n) is 3.21. The zero-order valence-corrected chi connectivity index (χ0v) is 15.8. The Balaban J connectivity index is 1.75. The van der Waals surface area contributed by atoms with Crippen LogP contribution in [0.3, 0.4) is 0 Å². The molecule has 0 radical (unpaired) electrons. The number of nitrogens with zero attached hydrogens (tertiary/aromatic N) is 4. The van der Waals surface area contributed by atoms with E-state index in [0.29, 0.717) is 5.75 Å². The predicted octanol–water partition coefficient (Wildman–Crippen LogP) is 1.40. The summed E-state index contributed by atoms with van der Waals surface area (Å²) in [6.45, 7) is 1.15. The second kappa shape index (κ2) is 8.10. The number of likely N-dealkylation sites (tertiary alicyclic amines) is 1. The minimum atomic E-state index is -4.60. The molecule has 0 bridgehead atoms. The number of amides is 2. The van der Waals surface area contributed by atoms with Crippen molar-refractivity contribution in [3.63, 3.8) is 0 Å². The summed E-state index contributed by atoms with van der Waals surface area (Å²) in [6, 6.07) is 3.49. The first-order valence-corrected chi connectivity index (χ1v) is 8.88. The fourth-order valence-corrected chi connectivity index (χ4v) is 3.21. The third-order valence-corrected chi connectivity index (χ3v) is 4.63. The SMILES string of the molecule is CNC(=O)[C@@H]1C[C@H](Oc2cccnc2)CN1C(=O)Cn1nc(C(F)(F)F)cc1C. The molecule has 2 atom stereocenters. The lowest BCUT2D eigenvalue weighted by molar-refractivity contribution is -0.142. The minimum absolute atomic E-state index is 0.123. The summed E-state index contributed by atoms with van der Waals surface area (Å²) < 4.78 is 45.3. The van der Waals surface area contributed by atoms with Gasteiger partial charge in [-0.2, -0.15) is 18.3 Å². The van der Waals surface area contributed by atoms with E-state index < -0.39 is 36.5 Å². The second-order valence-electron chi connectivity index (χ2n) is 6.67. The van der Waals surface area contributed by atoms with Gasteiger partial charge in [0.1, 0.15) is 24.4 Å². The molecule has 156 valence electrons. The van der Waals surface area contributed by atoms with Gasteiger partial charge >= 0.3 is 6.18 Å². The highest BCUT2D eigenvalue weighted by molar-refractivity contribution is 5.88. The van der Waals surface area contributed by atoms with Gasteiger partial charge in [0, 0.05) is 25.4 Å². The Hall–Kier alpha value is -3.11. The maximum absolute atomic E-state index is 12.8. The zero-order valence-electron chi connectivity index (χ0n) is 15.8. The van der Waals surface area contributed by atoms with Crippen LogP contribution < -0.4 is 10.1 Å². The smallest absolute Gasteiger partial charge is 0.435 e. The number of carbonyl (C=O) groups is 2. The molecule has 2 aromatic rings. The number of likely N-dealkylation sites (N-methyl/N-ethyl adjacent to an activating group) is 1. The van der Waals surface area contributed by atoms with E-state index in [2.05, 4.69) is 15.4 Å². The van der Waals surface area contributed by atoms with Gasteiger partial charge in [0.15, 0.2) is 5.69 Å². The Labute approximate surface area is 164 Å². The lowest BCUT2D eigenvalue weighted by Gasteiger charge is -2.23. The van der Waals surface area contributed by atoms with E-state index in [4.69, 9.17) is 4.74 Å². The van der Waals surface area contributed by atoms with Crippen LogP contribution in [0.4, 0.5) is 13.2 Å². The van der Waals surface area contributed by atoms with Crippen LogP contribution in [0, 0.1) is 6.92 Å². The molecule has 2 aromatic heterocycles. The van der Waals surface area contributed by atoms with E-state index in [1.807, 2.05) is 0 Å². The molecule has 29 heavy (non-hydrogen) atoms. The number of ether oxygens (including phenoxy) is 1. The van der Waals surface area contributed by atoms with Crippen molar-refractivity contribution < 1.29 is 27.5 Å². The van der Waals surface area contributed by atoms with Gasteiger partial charge in [0.05, 0.1) is 12.7 Å². The highest BCUT2D eigenvalue weighted by atomic mass is 19.4. The number of hydrogen-bond donors (Lipinski definition) is 1. The standard InChI is InChI=1S/C18H20F3N5O3/c1-11-6-15(18(19,20)21)24-26(11)10-16(27)25-9-13(7-14(25)17(28)22-2)29-12-4-3-5-23-8-12/h3-6,8,13-14H,7,9-10H2,1-2H3,(H,22,28)/t13-,14-/m0/s1. The maximum atomic E-state index is 12.8. The number of pyridine rings is 1. The maximum Gasteiger partial charge on any atom is 0.435 e. The van der Waals surface area contributed by atoms with Crippen LogP contribution in [0.2, 0.25) is 0 Å². The van der Waals surface area contributed by atoms with Gasteiger partial charge < -0.3 is 15.0 Å². The lowest BCUT2D eigenvalue weighted by Crippen LogP contribution is -2.46. The lowest BCUT2D eigenvalue weighted by atomic mass is 10.2. The molecule has 1 fully saturated rings. The summed E-state index contributed by atoms with van der Waals surface area (Å²) in [5, 5.41) is 5.98. The number of rotatable bonds is 5. The van der Waals surface area contributed by atoms with Crippen molar-refractivity contribution >= 4 is 11.8 Å². The normalized spacial score (nSPS) is 19.3. The Morgan fingerprint density at radius 3 is 2.72 bits per heavy atom. The molecule has 11 heteroatoms. The molecule has 3 rings (SSSR count). The van der Waals surface area contributed by atoms with Crippen molar-refractivity contribution in [2.24, 2.45) is 0 Å². The third kappa shape index (κ3) is 4.66. The molecule has 1 aliphatic heterocycles. The number of alkyl halides is 3. The third-order valence-electron chi connectivity index (χ3n) is 4.63. The van der Waals surface area contributed by atoms with E-state index in [1.54, 1.807) is 18.3 Å². The fraction of sp³-hybridized carbons (Fsp3) is 0.444. The van der Waals surface area contributed by atoms with Gasteiger partial charge in [-0.3, -0.25) is 19.3 Å². The summed E-state index contributed by atoms with van der Waals surface area (Å²) in [7, 11) is 1.45. The van der Waals surface area contributed by atoms with Gasteiger partial charge in [-0.15, -0.1) is 0 Å². The second-order valence-corrected chi connectivity index (χ2v) is 6.67. The number of aryl methyl sites for hydroxylation is 1. The number of carbonyl (C=O) groups excluding carboxylic acids is 2. The quantitative estimate of drug-likeness (QED) is 0.804. The Morgan fingerprint density at radius 1 is 1.38 bits per heavy atom. The number of nitrogens with one attached hydrogen (secondary N) is 1. The van der Waals surface area contributed by atoms with E-state index in [9.17, 15) is 22.8 Å². The van der Waals surface area contributed by atoms with Crippen LogP contribution in [0.15, 0.2) is 30.6 Å². The van der Waals surface area contributed by atoms with Crippen LogP contribution in [0.25, 0.3) is 0 Å². The van der Waals surface area contributed by atoms with Crippen LogP contribution in [0.5, 0.6) is 5.75 Å². The summed E-state index contributed by atoms with van der Waals surface area (Å²) in [5.74, 6) is -0.389. The Bertz CT molecular complexity index is 885. The van der Waals surface area contributed by atoms with Gasteiger partial charge in [0.25, 0.3) is 0 Å². The average molecular weight is 411 g/mol. The minimum Gasteiger partial charge on any atom is -0.487 e. The van der Waals surface area contributed by atoms with Crippen LogP contribution in [-0.4, -0.2) is 57.2 Å².